The Labute approximate surface area is 194 Å². The molecular formula is C25H33N3O3S. The highest BCUT2D eigenvalue weighted by Crippen LogP contribution is 2.37. The van der Waals surface area contributed by atoms with Crippen LogP contribution in [0.3, 0.4) is 0 Å². The van der Waals surface area contributed by atoms with E-state index in [1.807, 2.05) is 17.0 Å². The van der Waals surface area contributed by atoms with Crippen LogP contribution < -0.4 is 4.74 Å². The predicted octanol–water partition coefficient (Wildman–Crippen LogP) is 3.64. The summed E-state index contributed by atoms with van der Waals surface area (Å²) < 4.78 is 11.3. The molecule has 0 saturated carbocycles. The van der Waals surface area contributed by atoms with E-state index in [4.69, 9.17) is 14.5 Å². The van der Waals surface area contributed by atoms with Crippen molar-refractivity contribution in [2.45, 2.75) is 45.1 Å². The van der Waals surface area contributed by atoms with Crippen molar-refractivity contribution in [3.63, 3.8) is 0 Å². The molecule has 3 heterocycles. The monoisotopic (exact) mass is 455 g/mol. The number of rotatable bonds is 7. The number of amides is 1. The SMILES string of the molecule is CC1CCCN1CCCOc1ccc(-c2nc3c(s2)CC(C(=O)N2CCOCC2)C3)cc1. The number of ether oxygens (including phenoxy) is 2. The fourth-order valence-electron chi connectivity index (χ4n) is 5.05. The van der Waals surface area contributed by atoms with E-state index in [1.165, 1.54) is 24.3 Å². The van der Waals surface area contributed by atoms with Crippen molar-refractivity contribution in [1.29, 1.82) is 0 Å². The minimum Gasteiger partial charge on any atom is -0.494 e. The number of aromatic nitrogens is 1. The molecule has 3 aliphatic rings. The molecule has 7 heteroatoms. The smallest absolute Gasteiger partial charge is 0.226 e. The molecule has 2 aromatic rings. The van der Waals surface area contributed by atoms with Crippen LogP contribution in [0, 0.1) is 5.92 Å². The molecule has 1 aliphatic carbocycles. The summed E-state index contributed by atoms with van der Waals surface area (Å²) in [5.41, 5.74) is 2.23. The van der Waals surface area contributed by atoms with Gasteiger partial charge in [-0.15, -0.1) is 11.3 Å². The Hall–Kier alpha value is -1.96. The minimum atomic E-state index is 0.0511. The average molecular weight is 456 g/mol. The molecule has 0 bridgehead atoms. The average Bonchev–Trinajstić information content (AvgIpc) is 3.52. The lowest BCUT2D eigenvalue weighted by Gasteiger charge is -2.29. The summed E-state index contributed by atoms with van der Waals surface area (Å²) in [5, 5.41) is 1.04. The van der Waals surface area contributed by atoms with Crippen LogP contribution >= 0.6 is 11.3 Å². The molecule has 2 saturated heterocycles. The van der Waals surface area contributed by atoms with Crippen LogP contribution in [0.15, 0.2) is 24.3 Å². The van der Waals surface area contributed by atoms with E-state index in [0.717, 1.165) is 60.5 Å². The second kappa shape index (κ2) is 9.89. The van der Waals surface area contributed by atoms with Gasteiger partial charge in [-0.1, -0.05) is 0 Å². The molecular weight excluding hydrogens is 422 g/mol. The molecule has 2 unspecified atom stereocenters. The first kappa shape index (κ1) is 21.9. The first-order valence-corrected chi connectivity index (χ1v) is 12.8. The molecule has 0 N–H and O–H groups in total. The number of hydrogen-bond acceptors (Lipinski definition) is 6. The highest BCUT2D eigenvalue weighted by molar-refractivity contribution is 7.15. The molecule has 2 aliphatic heterocycles. The van der Waals surface area contributed by atoms with Crippen molar-refractivity contribution in [1.82, 2.24) is 14.8 Å². The van der Waals surface area contributed by atoms with Gasteiger partial charge in [0.2, 0.25) is 5.91 Å². The normalized spacial score (nSPS) is 23.5. The van der Waals surface area contributed by atoms with E-state index in [1.54, 1.807) is 11.3 Å². The third-order valence-electron chi connectivity index (χ3n) is 6.97. The first-order valence-electron chi connectivity index (χ1n) is 12.0. The predicted molar refractivity (Wildman–Crippen MR) is 126 cm³/mol. The van der Waals surface area contributed by atoms with Crippen molar-refractivity contribution >= 4 is 17.2 Å². The first-order chi connectivity index (χ1) is 15.7. The summed E-state index contributed by atoms with van der Waals surface area (Å²) in [4.78, 5) is 23.4. The molecule has 0 spiro atoms. The Kier molecular flexibility index (Phi) is 6.76. The Morgan fingerprint density at radius 3 is 2.72 bits per heavy atom. The van der Waals surface area contributed by atoms with Gasteiger partial charge in [0, 0.05) is 48.5 Å². The topological polar surface area (TPSA) is 54.9 Å². The highest BCUT2D eigenvalue weighted by atomic mass is 32.1. The van der Waals surface area contributed by atoms with Gasteiger partial charge in [0.05, 0.1) is 25.5 Å². The van der Waals surface area contributed by atoms with Crippen molar-refractivity contribution in [3.8, 4) is 16.3 Å². The summed E-state index contributed by atoms with van der Waals surface area (Å²) >= 11 is 1.73. The number of hydrogen-bond donors (Lipinski definition) is 0. The molecule has 1 aromatic heterocycles. The zero-order valence-electron chi connectivity index (χ0n) is 18.9. The van der Waals surface area contributed by atoms with Gasteiger partial charge in [-0.05, 0) is 63.4 Å². The Balaban J connectivity index is 1.11. The van der Waals surface area contributed by atoms with Crippen LogP contribution in [0.4, 0.5) is 0 Å². The number of thiazole rings is 1. The van der Waals surface area contributed by atoms with Crippen molar-refractivity contribution in [2.75, 3.05) is 46.0 Å². The van der Waals surface area contributed by atoms with Gasteiger partial charge in [-0.2, -0.15) is 0 Å². The summed E-state index contributed by atoms with van der Waals surface area (Å²) in [6.45, 7) is 8.17. The second-order valence-corrected chi connectivity index (χ2v) is 10.3. The van der Waals surface area contributed by atoms with Crippen molar-refractivity contribution in [3.05, 3.63) is 34.8 Å². The van der Waals surface area contributed by atoms with Crippen LogP contribution in [0.25, 0.3) is 10.6 Å². The number of carbonyl (C=O) groups is 1. The Morgan fingerprint density at radius 2 is 2.00 bits per heavy atom. The summed E-state index contributed by atoms with van der Waals surface area (Å²) in [6, 6.07) is 9.02. The van der Waals surface area contributed by atoms with Gasteiger partial charge < -0.3 is 19.3 Å². The second-order valence-electron chi connectivity index (χ2n) is 9.19. The third-order valence-corrected chi connectivity index (χ3v) is 8.14. The molecule has 0 radical (unpaired) electrons. The standard InChI is InChI=1S/C25H33N3O3S/c1-18-4-2-9-27(18)10-3-13-31-21-7-5-19(6-8-21)24-26-22-16-20(17-23(22)32-24)25(29)28-11-14-30-15-12-28/h5-8,18,20H,2-4,9-17H2,1H3. The fraction of sp³-hybridized carbons (Fsp3) is 0.600. The lowest BCUT2D eigenvalue weighted by Crippen LogP contribution is -2.44. The Bertz CT molecular complexity index is 900. The lowest BCUT2D eigenvalue weighted by atomic mass is 10.1. The van der Waals surface area contributed by atoms with E-state index in [0.29, 0.717) is 26.3 Å². The number of likely N-dealkylation sites (tertiary alicyclic amines) is 1. The molecule has 32 heavy (non-hydrogen) atoms. The van der Waals surface area contributed by atoms with Crippen LogP contribution in [-0.2, 0) is 22.4 Å². The van der Waals surface area contributed by atoms with E-state index in [2.05, 4.69) is 24.0 Å². The summed E-state index contributed by atoms with van der Waals surface area (Å²) in [5.74, 6) is 1.24. The fourth-order valence-corrected chi connectivity index (χ4v) is 6.22. The molecule has 5 rings (SSSR count). The van der Waals surface area contributed by atoms with Crippen LogP contribution in [-0.4, -0.2) is 72.7 Å². The lowest BCUT2D eigenvalue weighted by molar-refractivity contribution is -0.139. The maximum atomic E-state index is 12.8. The molecule has 1 amide bonds. The third kappa shape index (κ3) is 4.85. The molecule has 2 fully saturated rings. The maximum Gasteiger partial charge on any atom is 0.226 e. The minimum absolute atomic E-state index is 0.0511. The van der Waals surface area contributed by atoms with Crippen LogP contribution in [0.1, 0.15) is 36.8 Å². The van der Waals surface area contributed by atoms with E-state index >= 15 is 0 Å². The van der Waals surface area contributed by atoms with Gasteiger partial charge in [-0.3, -0.25) is 4.79 Å². The van der Waals surface area contributed by atoms with Gasteiger partial charge in [-0.25, -0.2) is 4.98 Å². The molecule has 2 atom stereocenters. The number of benzene rings is 1. The zero-order valence-corrected chi connectivity index (χ0v) is 19.7. The van der Waals surface area contributed by atoms with Crippen molar-refractivity contribution in [2.24, 2.45) is 5.92 Å². The van der Waals surface area contributed by atoms with Gasteiger partial charge in [0.1, 0.15) is 10.8 Å². The maximum absolute atomic E-state index is 12.8. The van der Waals surface area contributed by atoms with Crippen molar-refractivity contribution < 1.29 is 14.3 Å². The van der Waals surface area contributed by atoms with E-state index in [-0.39, 0.29) is 11.8 Å². The molecule has 172 valence electrons. The number of carbonyl (C=O) groups excluding carboxylic acids is 1. The number of morpholine rings is 1. The van der Waals surface area contributed by atoms with E-state index < -0.39 is 0 Å². The van der Waals surface area contributed by atoms with E-state index in [9.17, 15) is 4.79 Å². The Morgan fingerprint density at radius 1 is 1.19 bits per heavy atom. The van der Waals surface area contributed by atoms with Gasteiger partial charge >= 0.3 is 0 Å². The largest absolute Gasteiger partial charge is 0.494 e. The number of nitrogens with zero attached hydrogens (tertiary/aromatic N) is 3. The number of fused-ring (bicyclic) bond motifs is 1. The van der Waals surface area contributed by atoms with Crippen LogP contribution in [0.2, 0.25) is 0 Å². The van der Waals surface area contributed by atoms with Gasteiger partial charge in [0.25, 0.3) is 0 Å². The van der Waals surface area contributed by atoms with Gasteiger partial charge in [0.15, 0.2) is 0 Å². The quantitative estimate of drug-likeness (QED) is 0.597. The summed E-state index contributed by atoms with van der Waals surface area (Å²) in [7, 11) is 0. The zero-order chi connectivity index (χ0) is 21.9. The van der Waals surface area contributed by atoms with Crippen LogP contribution in [0.5, 0.6) is 5.75 Å². The molecule has 1 aromatic carbocycles. The highest BCUT2D eigenvalue weighted by Gasteiger charge is 2.34. The summed E-state index contributed by atoms with van der Waals surface area (Å²) in [6.07, 6.45) is 5.30. The molecule has 6 nitrogen and oxygen atoms in total.